The van der Waals surface area contributed by atoms with Gasteiger partial charge < -0.3 is 10.3 Å². The number of carbonyl (C=O) groups is 1. The fourth-order valence-corrected chi connectivity index (χ4v) is 5.05. The van der Waals surface area contributed by atoms with Gasteiger partial charge in [-0.1, -0.05) is 19.4 Å². The van der Waals surface area contributed by atoms with Crippen LogP contribution in [0.25, 0.3) is 55.2 Å². The fraction of sp³-hybridized carbons (Fsp3) is 0.148. The quantitative estimate of drug-likeness (QED) is 0.225. The second kappa shape index (κ2) is 9.55. The first-order valence-corrected chi connectivity index (χ1v) is 12.8. The molecule has 0 bridgehead atoms. The third-order valence-corrected chi connectivity index (χ3v) is 7.01. The number of H-pyrrole nitrogens is 2. The Morgan fingerprint density at radius 3 is 2.89 bits per heavy atom. The zero-order chi connectivity index (χ0) is 25.4. The van der Waals surface area contributed by atoms with Gasteiger partial charge in [-0.05, 0) is 42.1 Å². The molecule has 5 heterocycles. The van der Waals surface area contributed by atoms with Crippen LogP contribution in [0.5, 0.6) is 0 Å². The summed E-state index contributed by atoms with van der Waals surface area (Å²) in [5.74, 6) is -0.0946. The van der Waals surface area contributed by atoms with Crippen LogP contribution in [0, 0.1) is 5.82 Å². The molecule has 0 radical (unpaired) electrons. The first-order valence-electron chi connectivity index (χ1n) is 11.9. The highest BCUT2D eigenvalue weighted by Crippen LogP contribution is 2.35. The van der Waals surface area contributed by atoms with Gasteiger partial charge in [-0.15, -0.1) is 11.3 Å². The van der Waals surface area contributed by atoms with Gasteiger partial charge >= 0.3 is 0 Å². The number of unbranched alkanes of at least 4 members (excludes halogenated alkanes) is 1. The number of hydrogen-bond acceptors (Lipinski definition) is 6. The van der Waals surface area contributed by atoms with Gasteiger partial charge in [0.05, 0.1) is 33.2 Å². The molecule has 5 aromatic heterocycles. The average molecular weight is 512 g/mol. The molecule has 1 aromatic carbocycles. The van der Waals surface area contributed by atoms with E-state index in [2.05, 4.69) is 30.5 Å². The number of hydrogen-bond donors (Lipinski definition) is 3. The Balaban J connectivity index is 1.41. The Bertz CT molecular complexity index is 1740. The molecule has 0 unspecified atom stereocenters. The van der Waals surface area contributed by atoms with Crippen molar-refractivity contribution >= 4 is 44.9 Å². The Hall–Kier alpha value is -4.44. The lowest BCUT2D eigenvalue weighted by molar-refractivity contribution is -0.116. The summed E-state index contributed by atoms with van der Waals surface area (Å²) in [5, 5.41) is 12.5. The summed E-state index contributed by atoms with van der Waals surface area (Å²) in [6, 6.07) is 11.0. The largest absolute Gasteiger partial charge is 0.336 e. The van der Waals surface area contributed by atoms with Crippen LogP contribution in [-0.4, -0.2) is 36.0 Å². The summed E-state index contributed by atoms with van der Waals surface area (Å²) in [5.41, 5.74) is 4.60. The van der Waals surface area contributed by atoms with Crippen molar-refractivity contribution in [2.75, 3.05) is 5.32 Å². The Morgan fingerprint density at radius 2 is 2.05 bits per heavy atom. The molecule has 0 spiro atoms. The highest BCUT2D eigenvalue weighted by atomic mass is 32.1. The Labute approximate surface area is 215 Å². The first-order chi connectivity index (χ1) is 18.1. The van der Waals surface area contributed by atoms with Crippen molar-refractivity contribution < 1.29 is 9.18 Å². The summed E-state index contributed by atoms with van der Waals surface area (Å²) in [7, 11) is 0. The summed E-state index contributed by atoms with van der Waals surface area (Å²) < 4.78 is 16.0. The normalized spacial score (nSPS) is 11.4. The minimum atomic E-state index is -0.449. The van der Waals surface area contributed by atoms with Crippen molar-refractivity contribution in [1.82, 2.24) is 30.1 Å². The highest BCUT2D eigenvalue weighted by Gasteiger charge is 2.21. The third kappa shape index (κ3) is 4.25. The first kappa shape index (κ1) is 23.0. The number of nitrogens with zero attached hydrogens (tertiary/aromatic N) is 4. The smallest absolute Gasteiger partial charge is 0.224 e. The van der Waals surface area contributed by atoms with Crippen LogP contribution in [0.2, 0.25) is 0 Å². The SMILES string of the molecule is CCCCC(=O)Nc1cncc(-c2ccc3[nH]nc(-c4nc5c(-c6cccs6)nccc5[nH]4)c3c2F)c1. The predicted octanol–water partition coefficient (Wildman–Crippen LogP) is 6.56. The molecule has 184 valence electrons. The van der Waals surface area contributed by atoms with E-state index in [0.29, 0.717) is 51.2 Å². The number of aromatic amines is 2. The molecule has 0 saturated heterocycles. The molecule has 3 N–H and O–H groups in total. The number of rotatable bonds is 7. The Kier molecular flexibility index (Phi) is 5.93. The molecule has 0 saturated carbocycles. The van der Waals surface area contributed by atoms with Gasteiger partial charge in [0.15, 0.2) is 5.82 Å². The van der Waals surface area contributed by atoms with Crippen molar-refractivity contribution in [2.45, 2.75) is 26.2 Å². The van der Waals surface area contributed by atoms with Crippen LogP contribution < -0.4 is 5.32 Å². The van der Waals surface area contributed by atoms with Gasteiger partial charge in [0.25, 0.3) is 0 Å². The molecule has 8 nitrogen and oxygen atoms in total. The van der Waals surface area contributed by atoms with Crippen LogP contribution in [0.15, 0.2) is 60.4 Å². The number of anilines is 1. The van der Waals surface area contributed by atoms with Crippen molar-refractivity contribution in [3.8, 4) is 33.2 Å². The lowest BCUT2D eigenvalue weighted by atomic mass is 10.0. The van der Waals surface area contributed by atoms with Crippen LogP contribution in [0.1, 0.15) is 26.2 Å². The van der Waals surface area contributed by atoms with E-state index < -0.39 is 5.82 Å². The van der Waals surface area contributed by atoms with Gasteiger partial charge in [-0.2, -0.15) is 5.10 Å². The third-order valence-electron chi connectivity index (χ3n) is 6.14. The highest BCUT2D eigenvalue weighted by molar-refractivity contribution is 7.13. The van der Waals surface area contributed by atoms with Gasteiger partial charge in [-0.3, -0.25) is 19.9 Å². The number of fused-ring (bicyclic) bond motifs is 2. The van der Waals surface area contributed by atoms with Gasteiger partial charge in [0, 0.05) is 29.9 Å². The van der Waals surface area contributed by atoms with E-state index >= 15 is 4.39 Å². The molecule has 0 aliphatic carbocycles. The standard InChI is InChI=1S/C27H22FN7OS/c1-2-3-6-21(36)31-16-12-15(13-29-14-16)17-7-8-18-22(23(17)28)26(35-34-18)27-32-19-9-10-30-25(24(19)33-27)20-5-4-11-37-20/h4-5,7-14H,2-3,6H2,1H3,(H,31,36)(H,32,33)(H,34,35). The van der Waals surface area contributed by atoms with Crippen LogP contribution in [-0.2, 0) is 4.79 Å². The maximum absolute atomic E-state index is 16.0. The summed E-state index contributed by atoms with van der Waals surface area (Å²) in [4.78, 5) is 29.9. The number of benzene rings is 1. The molecular weight excluding hydrogens is 489 g/mol. The zero-order valence-corrected chi connectivity index (χ0v) is 20.7. The van der Waals surface area contributed by atoms with Crippen LogP contribution >= 0.6 is 11.3 Å². The van der Waals surface area contributed by atoms with E-state index in [9.17, 15) is 4.79 Å². The monoisotopic (exact) mass is 511 g/mol. The second-order valence-electron chi connectivity index (χ2n) is 8.65. The average Bonchev–Trinajstić information content (AvgIpc) is 3.67. The fourth-order valence-electron chi connectivity index (χ4n) is 4.32. The van der Waals surface area contributed by atoms with Crippen molar-refractivity contribution in [3.05, 3.63) is 66.2 Å². The number of amides is 1. The number of halogens is 1. The molecule has 0 aliphatic rings. The summed E-state index contributed by atoms with van der Waals surface area (Å²) in [6.07, 6.45) is 7.02. The van der Waals surface area contributed by atoms with E-state index in [1.807, 2.05) is 30.5 Å². The number of imidazole rings is 1. The molecule has 0 fully saturated rings. The van der Waals surface area contributed by atoms with Gasteiger partial charge in [-0.25, -0.2) is 9.37 Å². The number of aromatic nitrogens is 6. The maximum atomic E-state index is 16.0. The van der Waals surface area contributed by atoms with E-state index in [1.54, 1.807) is 48.1 Å². The van der Waals surface area contributed by atoms with Crippen molar-refractivity contribution in [1.29, 1.82) is 0 Å². The number of nitrogens with one attached hydrogen (secondary N) is 3. The summed E-state index contributed by atoms with van der Waals surface area (Å²) in [6.45, 7) is 2.03. The van der Waals surface area contributed by atoms with Crippen molar-refractivity contribution in [2.24, 2.45) is 0 Å². The molecule has 0 aliphatic heterocycles. The molecule has 6 aromatic rings. The summed E-state index contributed by atoms with van der Waals surface area (Å²) >= 11 is 1.58. The van der Waals surface area contributed by atoms with E-state index in [1.165, 1.54) is 0 Å². The molecule has 10 heteroatoms. The minimum Gasteiger partial charge on any atom is -0.336 e. The number of pyridine rings is 2. The second-order valence-corrected chi connectivity index (χ2v) is 9.60. The van der Waals surface area contributed by atoms with Gasteiger partial charge in [0.2, 0.25) is 5.91 Å². The molecular formula is C27H22FN7OS. The molecule has 6 rings (SSSR count). The number of carbonyl (C=O) groups excluding carboxylic acids is 1. The van der Waals surface area contributed by atoms with E-state index in [-0.39, 0.29) is 5.91 Å². The van der Waals surface area contributed by atoms with Crippen LogP contribution in [0.3, 0.4) is 0 Å². The number of thiophene rings is 1. The van der Waals surface area contributed by atoms with Crippen LogP contribution in [0.4, 0.5) is 10.1 Å². The van der Waals surface area contributed by atoms with Gasteiger partial charge in [0.1, 0.15) is 22.7 Å². The zero-order valence-electron chi connectivity index (χ0n) is 19.9. The lowest BCUT2D eigenvalue weighted by Gasteiger charge is -2.08. The molecule has 37 heavy (non-hydrogen) atoms. The van der Waals surface area contributed by atoms with Crippen molar-refractivity contribution in [3.63, 3.8) is 0 Å². The minimum absolute atomic E-state index is 0.0878. The van der Waals surface area contributed by atoms with E-state index in [0.717, 1.165) is 28.9 Å². The predicted molar refractivity (Wildman–Crippen MR) is 144 cm³/mol. The van der Waals surface area contributed by atoms with E-state index in [4.69, 9.17) is 4.98 Å². The maximum Gasteiger partial charge on any atom is 0.224 e. The topological polar surface area (TPSA) is 112 Å². The molecule has 0 atom stereocenters. The Morgan fingerprint density at radius 1 is 1.14 bits per heavy atom. The molecule has 1 amide bonds. The lowest BCUT2D eigenvalue weighted by Crippen LogP contribution is -2.11.